The minimum Gasteiger partial charge on any atom is -0.467 e. The molecule has 0 aliphatic carbocycles. The van der Waals surface area contributed by atoms with E-state index in [4.69, 9.17) is 9.47 Å². The minimum atomic E-state index is -0.540. The van der Waals surface area contributed by atoms with Gasteiger partial charge in [0.25, 0.3) is 0 Å². The Balaban J connectivity index is 1.74. The van der Waals surface area contributed by atoms with Crippen molar-refractivity contribution < 1.29 is 19.1 Å². The zero-order valence-corrected chi connectivity index (χ0v) is 13.7. The lowest BCUT2D eigenvalue weighted by Crippen LogP contribution is -2.53. The van der Waals surface area contributed by atoms with Crippen LogP contribution < -0.4 is 0 Å². The third-order valence-electron chi connectivity index (χ3n) is 4.61. The maximum Gasteiger partial charge on any atom is 0.335 e. The molecule has 0 bridgehead atoms. The summed E-state index contributed by atoms with van der Waals surface area (Å²) >= 11 is 1.60. The predicted octanol–water partition coefficient (Wildman–Crippen LogP) is 2.00. The van der Waals surface area contributed by atoms with Gasteiger partial charge in [-0.2, -0.15) is 11.3 Å². The summed E-state index contributed by atoms with van der Waals surface area (Å²) in [6, 6.07) is 2.16. The molecule has 1 aromatic rings. The zero-order chi connectivity index (χ0) is 15.7. The van der Waals surface area contributed by atoms with Crippen LogP contribution in [0.5, 0.6) is 0 Å². The molecule has 0 spiro atoms. The Morgan fingerprint density at radius 1 is 1.45 bits per heavy atom. The van der Waals surface area contributed by atoms with E-state index in [2.05, 4.69) is 6.92 Å². The van der Waals surface area contributed by atoms with Crippen LogP contribution in [-0.2, 0) is 25.5 Å². The number of likely N-dealkylation sites (tertiary alicyclic amines) is 1. The van der Waals surface area contributed by atoms with Crippen LogP contribution in [0.15, 0.2) is 16.8 Å². The number of carbonyl (C=O) groups is 2. The quantitative estimate of drug-likeness (QED) is 0.799. The van der Waals surface area contributed by atoms with Crippen molar-refractivity contribution in [3.63, 3.8) is 0 Å². The van der Waals surface area contributed by atoms with Crippen LogP contribution in [0, 0.1) is 0 Å². The molecule has 0 N–H and O–H groups in total. The van der Waals surface area contributed by atoms with E-state index in [-0.39, 0.29) is 30.1 Å². The number of thiophene rings is 1. The second kappa shape index (κ2) is 6.38. The van der Waals surface area contributed by atoms with Crippen molar-refractivity contribution in [3.8, 4) is 0 Å². The van der Waals surface area contributed by atoms with Crippen molar-refractivity contribution >= 4 is 23.2 Å². The third-order valence-corrected chi connectivity index (χ3v) is 5.34. The second-order valence-corrected chi connectivity index (χ2v) is 6.81. The van der Waals surface area contributed by atoms with Crippen molar-refractivity contribution in [2.24, 2.45) is 0 Å². The number of amides is 1. The molecule has 0 aromatic carbocycles. The van der Waals surface area contributed by atoms with Gasteiger partial charge in [0.15, 0.2) is 6.10 Å². The van der Waals surface area contributed by atoms with Gasteiger partial charge in [0, 0.05) is 12.5 Å². The second-order valence-electron chi connectivity index (χ2n) is 6.03. The third kappa shape index (κ3) is 2.90. The first kappa shape index (κ1) is 15.5. The molecule has 2 aliphatic heterocycles. The summed E-state index contributed by atoms with van der Waals surface area (Å²) in [7, 11) is 1.37. The Kier molecular flexibility index (Phi) is 4.49. The van der Waals surface area contributed by atoms with E-state index in [1.54, 1.807) is 11.3 Å². The molecule has 0 radical (unpaired) electrons. The van der Waals surface area contributed by atoms with Crippen molar-refractivity contribution in [2.75, 3.05) is 7.11 Å². The molecule has 4 atom stereocenters. The maximum atomic E-state index is 12.7. The number of nitrogens with zero attached hydrogens (tertiary/aromatic N) is 1. The number of hydrogen-bond acceptors (Lipinski definition) is 5. The minimum absolute atomic E-state index is 0.0148. The monoisotopic (exact) mass is 323 g/mol. The van der Waals surface area contributed by atoms with E-state index < -0.39 is 6.10 Å². The SMILES string of the molecule is COC(=O)[C@@H]1C[C@@H]2[C@H](CC[C@H](C)N2C(=O)Cc2ccsc2)O1. The molecule has 2 aliphatic rings. The fourth-order valence-electron chi connectivity index (χ4n) is 3.53. The van der Waals surface area contributed by atoms with Crippen molar-refractivity contribution in [2.45, 2.75) is 56.9 Å². The Labute approximate surface area is 134 Å². The van der Waals surface area contributed by atoms with Crippen LogP contribution in [0.25, 0.3) is 0 Å². The summed E-state index contributed by atoms with van der Waals surface area (Å²) in [5.74, 6) is -0.220. The first-order valence-corrected chi connectivity index (χ1v) is 8.60. The van der Waals surface area contributed by atoms with Gasteiger partial charge in [-0.3, -0.25) is 4.79 Å². The molecule has 0 unspecified atom stereocenters. The average Bonchev–Trinajstić information content (AvgIpc) is 3.15. The van der Waals surface area contributed by atoms with Crippen molar-refractivity contribution in [3.05, 3.63) is 22.4 Å². The van der Waals surface area contributed by atoms with E-state index in [1.165, 1.54) is 7.11 Å². The van der Waals surface area contributed by atoms with Gasteiger partial charge in [-0.15, -0.1) is 0 Å². The summed E-state index contributed by atoms with van der Waals surface area (Å²) in [6.45, 7) is 2.08. The summed E-state index contributed by atoms with van der Waals surface area (Å²) in [5, 5.41) is 3.99. The van der Waals surface area contributed by atoms with E-state index in [1.807, 2.05) is 21.7 Å². The van der Waals surface area contributed by atoms with Gasteiger partial charge in [-0.05, 0) is 42.2 Å². The van der Waals surface area contributed by atoms with Crippen LogP contribution in [-0.4, -0.2) is 48.2 Å². The van der Waals surface area contributed by atoms with E-state index in [0.717, 1.165) is 18.4 Å². The number of rotatable bonds is 3. The highest BCUT2D eigenvalue weighted by Gasteiger charge is 2.47. The summed E-state index contributed by atoms with van der Waals surface area (Å²) < 4.78 is 10.6. The summed E-state index contributed by atoms with van der Waals surface area (Å²) in [5.41, 5.74) is 1.05. The Bertz CT molecular complexity index is 544. The average molecular weight is 323 g/mol. The number of esters is 1. The van der Waals surface area contributed by atoms with Gasteiger partial charge in [-0.1, -0.05) is 0 Å². The van der Waals surface area contributed by atoms with Gasteiger partial charge in [0.2, 0.25) is 5.91 Å². The highest BCUT2D eigenvalue weighted by molar-refractivity contribution is 7.07. The highest BCUT2D eigenvalue weighted by atomic mass is 32.1. The molecule has 2 saturated heterocycles. The number of hydrogen-bond donors (Lipinski definition) is 0. The molecule has 1 amide bonds. The number of piperidine rings is 1. The van der Waals surface area contributed by atoms with E-state index in [9.17, 15) is 9.59 Å². The topological polar surface area (TPSA) is 55.8 Å². The normalized spacial score (nSPS) is 30.9. The smallest absolute Gasteiger partial charge is 0.335 e. The number of carbonyl (C=O) groups excluding carboxylic acids is 2. The lowest BCUT2D eigenvalue weighted by molar-refractivity contribution is -0.154. The molecule has 6 heteroatoms. The van der Waals surface area contributed by atoms with Gasteiger partial charge >= 0.3 is 5.97 Å². The van der Waals surface area contributed by atoms with Gasteiger partial charge in [-0.25, -0.2) is 4.79 Å². The number of methoxy groups -OCH3 is 1. The Morgan fingerprint density at radius 3 is 2.95 bits per heavy atom. The lowest BCUT2D eigenvalue weighted by atomic mass is 9.92. The Morgan fingerprint density at radius 2 is 2.27 bits per heavy atom. The number of fused-ring (bicyclic) bond motifs is 1. The number of ether oxygens (including phenoxy) is 2. The first-order chi connectivity index (χ1) is 10.6. The molecular weight excluding hydrogens is 302 g/mol. The predicted molar refractivity (Wildman–Crippen MR) is 82.6 cm³/mol. The summed E-state index contributed by atoms with van der Waals surface area (Å²) in [6.07, 6.45) is 2.16. The molecule has 0 saturated carbocycles. The van der Waals surface area contributed by atoms with Gasteiger partial charge in [0.05, 0.1) is 25.7 Å². The Hall–Kier alpha value is -1.40. The van der Waals surface area contributed by atoms with Crippen LogP contribution in [0.4, 0.5) is 0 Å². The van der Waals surface area contributed by atoms with Crippen LogP contribution in [0.3, 0.4) is 0 Å². The van der Waals surface area contributed by atoms with Crippen LogP contribution >= 0.6 is 11.3 Å². The molecular formula is C16H21NO4S. The molecule has 2 fully saturated rings. The lowest BCUT2D eigenvalue weighted by Gasteiger charge is -2.41. The van der Waals surface area contributed by atoms with E-state index >= 15 is 0 Å². The molecule has 5 nitrogen and oxygen atoms in total. The van der Waals surface area contributed by atoms with Crippen molar-refractivity contribution in [1.29, 1.82) is 0 Å². The van der Waals surface area contributed by atoms with Crippen molar-refractivity contribution in [1.82, 2.24) is 4.90 Å². The highest BCUT2D eigenvalue weighted by Crippen LogP contribution is 2.35. The molecule has 3 heterocycles. The van der Waals surface area contributed by atoms with Gasteiger partial charge in [0.1, 0.15) is 0 Å². The molecule has 1 aromatic heterocycles. The fourth-order valence-corrected chi connectivity index (χ4v) is 4.19. The zero-order valence-electron chi connectivity index (χ0n) is 12.9. The fraction of sp³-hybridized carbons (Fsp3) is 0.625. The molecule has 120 valence electrons. The standard InChI is InChI=1S/C16H21NO4S/c1-10-3-4-13-12(8-14(21-13)16(19)20-2)17(10)15(18)7-11-5-6-22-9-11/h5-6,9-10,12-14H,3-4,7-8H2,1-2H3/t10-,12+,13-,14-/m0/s1. The largest absolute Gasteiger partial charge is 0.467 e. The van der Waals surface area contributed by atoms with Crippen LogP contribution in [0.2, 0.25) is 0 Å². The maximum absolute atomic E-state index is 12.7. The summed E-state index contributed by atoms with van der Waals surface area (Å²) in [4.78, 5) is 26.4. The van der Waals surface area contributed by atoms with E-state index in [0.29, 0.717) is 12.8 Å². The van der Waals surface area contributed by atoms with Gasteiger partial charge < -0.3 is 14.4 Å². The first-order valence-electron chi connectivity index (χ1n) is 7.65. The van der Waals surface area contributed by atoms with Crippen LogP contribution in [0.1, 0.15) is 31.7 Å². The molecule has 3 rings (SSSR count). The molecule has 22 heavy (non-hydrogen) atoms.